The standard InChI is InChI=1S/C8H13NO4/c1-6(10)4-9-8(11)7-5-12-2-3-13-7/h7H,2-5H2,1H3,(H,9,11). The third-order valence-corrected chi connectivity index (χ3v) is 1.62. The highest BCUT2D eigenvalue weighted by Gasteiger charge is 2.22. The Bertz CT molecular complexity index is 198. The van der Waals surface area contributed by atoms with E-state index in [4.69, 9.17) is 9.47 Å². The smallest absolute Gasteiger partial charge is 0.251 e. The van der Waals surface area contributed by atoms with Crippen molar-refractivity contribution in [2.75, 3.05) is 26.4 Å². The van der Waals surface area contributed by atoms with E-state index in [1.165, 1.54) is 6.92 Å². The number of nitrogens with one attached hydrogen (secondary N) is 1. The Labute approximate surface area is 76.4 Å². The van der Waals surface area contributed by atoms with Crippen LogP contribution in [0.4, 0.5) is 0 Å². The molecule has 1 amide bonds. The number of amides is 1. The zero-order chi connectivity index (χ0) is 9.68. The van der Waals surface area contributed by atoms with E-state index < -0.39 is 6.10 Å². The van der Waals surface area contributed by atoms with E-state index in [0.717, 1.165) is 0 Å². The van der Waals surface area contributed by atoms with Crippen LogP contribution in [0, 0.1) is 0 Å². The fourth-order valence-electron chi connectivity index (χ4n) is 0.965. The van der Waals surface area contributed by atoms with E-state index in [-0.39, 0.29) is 24.8 Å². The summed E-state index contributed by atoms with van der Waals surface area (Å²) in [5.41, 5.74) is 0. The molecule has 0 saturated carbocycles. The van der Waals surface area contributed by atoms with Crippen LogP contribution in [0.5, 0.6) is 0 Å². The maximum atomic E-state index is 11.2. The van der Waals surface area contributed by atoms with Gasteiger partial charge in [-0.2, -0.15) is 0 Å². The van der Waals surface area contributed by atoms with Crippen LogP contribution in [0.1, 0.15) is 6.92 Å². The molecule has 0 bridgehead atoms. The minimum atomic E-state index is -0.562. The molecule has 1 N–H and O–H groups in total. The van der Waals surface area contributed by atoms with E-state index in [9.17, 15) is 9.59 Å². The second-order valence-electron chi connectivity index (χ2n) is 2.85. The third kappa shape index (κ3) is 3.52. The minimum absolute atomic E-state index is 0.0543. The van der Waals surface area contributed by atoms with Crippen molar-refractivity contribution in [2.24, 2.45) is 0 Å². The predicted molar refractivity (Wildman–Crippen MR) is 44.2 cm³/mol. The number of Topliss-reactive ketones (excluding diaryl/α,β-unsaturated/α-hetero) is 1. The Morgan fingerprint density at radius 1 is 1.46 bits per heavy atom. The van der Waals surface area contributed by atoms with Crippen LogP contribution in [0.3, 0.4) is 0 Å². The highest BCUT2D eigenvalue weighted by molar-refractivity contribution is 5.86. The SMILES string of the molecule is CC(=O)CNC(=O)C1COCCO1. The lowest BCUT2D eigenvalue weighted by atomic mass is 10.3. The van der Waals surface area contributed by atoms with Crippen LogP contribution >= 0.6 is 0 Å². The van der Waals surface area contributed by atoms with Crippen molar-refractivity contribution in [3.05, 3.63) is 0 Å². The topological polar surface area (TPSA) is 64.6 Å². The van der Waals surface area contributed by atoms with Gasteiger partial charge in [0.15, 0.2) is 6.10 Å². The van der Waals surface area contributed by atoms with E-state index in [0.29, 0.717) is 13.2 Å². The molecule has 0 aromatic heterocycles. The van der Waals surface area contributed by atoms with Crippen molar-refractivity contribution >= 4 is 11.7 Å². The summed E-state index contributed by atoms with van der Waals surface area (Å²) < 4.78 is 10.2. The molecule has 0 aromatic rings. The van der Waals surface area contributed by atoms with Gasteiger partial charge in [0.05, 0.1) is 26.4 Å². The summed E-state index contributed by atoms with van der Waals surface area (Å²) in [7, 11) is 0. The number of hydrogen-bond acceptors (Lipinski definition) is 4. The maximum absolute atomic E-state index is 11.2. The lowest BCUT2D eigenvalue weighted by molar-refractivity contribution is -0.148. The number of carbonyl (C=O) groups is 2. The minimum Gasteiger partial charge on any atom is -0.376 e. The van der Waals surface area contributed by atoms with Crippen LogP contribution in [0.25, 0.3) is 0 Å². The largest absolute Gasteiger partial charge is 0.376 e. The molecule has 74 valence electrons. The number of carbonyl (C=O) groups excluding carboxylic acids is 2. The van der Waals surface area contributed by atoms with Gasteiger partial charge in [0.25, 0.3) is 5.91 Å². The highest BCUT2D eigenvalue weighted by atomic mass is 16.6. The average molecular weight is 187 g/mol. The van der Waals surface area contributed by atoms with Gasteiger partial charge in [0, 0.05) is 0 Å². The molecule has 1 aliphatic rings. The molecule has 0 aromatic carbocycles. The summed E-state index contributed by atoms with van der Waals surface area (Å²) in [5.74, 6) is -0.361. The molecule has 0 aliphatic carbocycles. The van der Waals surface area contributed by atoms with E-state index in [2.05, 4.69) is 5.32 Å². The lowest BCUT2D eigenvalue weighted by Crippen LogP contribution is -2.44. The Hall–Kier alpha value is -0.940. The Balaban J connectivity index is 2.25. The zero-order valence-electron chi connectivity index (χ0n) is 7.54. The van der Waals surface area contributed by atoms with E-state index in [1.807, 2.05) is 0 Å². The van der Waals surface area contributed by atoms with Gasteiger partial charge < -0.3 is 14.8 Å². The zero-order valence-corrected chi connectivity index (χ0v) is 7.54. The molecule has 1 rings (SSSR count). The van der Waals surface area contributed by atoms with E-state index in [1.54, 1.807) is 0 Å². The molecular formula is C8H13NO4. The number of ketones is 1. The average Bonchev–Trinajstić information content (AvgIpc) is 2.15. The summed E-state index contributed by atoms with van der Waals surface area (Å²) in [6, 6.07) is 0. The molecule has 1 heterocycles. The van der Waals surface area contributed by atoms with E-state index >= 15 is 0 Å². The molecule has 1 saturated heterocycles. The van der Waals surface area contributed by atoms with Gasteiger partial charge in [0.1, 0.15) is 5.78 Å². The molecule has 13 heavy (non-hydrogen) atoms. The molecular weight excluding hydrogens is 174 g/mol. The summed E-state index contributed by atoms with van der Waals surface area (Å²) in [6.45, 7) is 2.69. The first-order chi connectivity index (χ1) is 6.20. The Morgan fingerprint density at radius 3 is 2.77 bits per heavy atom. The molecule has 0 radical (unpaired) electrons. The molecule has 5 heteroatoms. The first-order valence-corrected chi connectivity index (χ1v) is 4.16. The fraction of sp³-hybridized carbons (Fsp3) is 0.750. The van der Waals surface area contributed by atoms with Crippen molar-refractivity contribution in [3.8, 4) is 0 Å². The number of ether oxygens (including phenoxy) is 2. The highest BCUT2D eigenvalue weighted by Crippen LogP contribution is 1.99. The third-order valence-electron chi connectivity index (χ3n) is 1.62. The summed E-state index contributed by atoms with van der Waals surface area (Å²) in [6.07, 6.45) is -0.562. The van der Waals surface area contributed by atoms with Crippen molar-refractivity contribution < 1.29 is 19.1 Å². The normalized spacial score (nSPS) is 22.4. The van der Waals surface area contributed by atoms with Gasteiger partial charge in [0.2, 0.25) is 0 Å². The van der Waals surface area contributed by atoms with Gasteiger partial charge in [-0.15, -0.1) is 0 Å². The quantitative estimate of drug-likeness (QED) is 0.622. The molecule has 5 nitrogen and oxygen atoms in total. The molecule has 1 unspecified atom stereocenters. The maximum Gasteiger partial charge on any atom is 0.251 e. The Morgan fingerprint density at radius 2 is 2.23 bits per heavy atom. The van der Waals surface area contributed by atoms with Crippen LogP contribution in [-0.2, 0) is 19.1 Å². The molecule has 1 aliphatic heterocycles. The second-order valence-corrected chi connectivity index (χ2v) is 2.85. The molecule has 1 fully saturated rings. The van der Waals surface area contributed by atoms with Crippen molar-refractivity contribution in [2.45, 2.75) is 13.0 Å². The van der Waals surface area contributed by atoms with Gasteiger partial charge >= 0.3 is 0 Å². The van der Waals surface area contributed by atoms with Gasteiger partial charge in [-0.3, -0.25) is 9.59 Å². The fourth-order valence-corrected chi connectivity index (χ4v) is 0.965. The van der Waals surface area contributed by atoms with Crippen LogP contribution in [0.15, 0.2) is 0 Å². The van der Waals surface area contributed by atoms with Gasteiger partial charge in [-0.1, -0.05) is 0 Å². The first-order valence-electron chi connectivity index (χ1n) is 4.16. The van der Waals surface area contributed by atoms with Crippen LogP contribution in [0.2, 0.25) is 0 Å². The first kappa shape index (κ1) is 10.1. The van der Waals surface area contributed by atoms with Gasteiger partial charge in [-0.05, 0) is 6.92 Å². The molecule has 1 atom stereocenters. The molecule has 0 spiro atoms. The Kier molecular flexibility index (Phi) is 3.85. The summed E-state index contributed by atoms with van der Waals surface area (Å²) in [4.78, 5) is 21.8. The van der Waals surface area contributed by atoms with Crippen molar-refractivity contribution in [3.63, 3.8) is 0 Å². The van der Waals surface area contributed by atoms with Crippen molar-refractivity contribution in [1.29, 1.82) is 0 Å². The monoisotopic (exact) mass is 187 g/mol. The second kappa shape index (κ2) is 4.94. The summed E-state index contributed by atoms with van der Waals surface area (Å²) >= 11 is 0. The van der Waals surface area contributed by atoms with Crippen LogP contribution < -0.4 is 5.32 Å². The van der Waals surface area contributed by atoms with Gasteiger partial charge in [-0.25, -0.2) is 0 Å². The summed E-state index contributed by atoms with van der Waals surface area (Å²) in [5, 5.41) is 2.46. The number of hydrogen-bond donors (Lipinski definition) is 1. The van der Waals surface area contributed by atoms with Crippen molar-refractivity contribution in [1.82, 2.24) is 5.32 Å². The number of rotatable bonds is 3. The lowest BCUT2D eigenvalue weighted by Gasteiger charge is -2.21. The predicted octanol–water partition coefficient (Wildman–Crippen LogP) is -0.893. The van der Waals surface area contributed by atoms with Crippen LogP contribution in [-0.4, -0.2) is 44.2 Å².